The fourth-order valence-corrected chi connectivity index (χ4v) is 2.34. The summed E-state index contributed by atoms with van der Waals surface area (Å²) in [5, 5.41) is 3.57. The van der Waals surface area contributed by atoms with Crippen LogP contribution in [0.1, 0.15) is 30.4 Å². The standard InChI is InChI=1S/C11H20N4OS/c1-5-15(6-7(2)3)10(16)8-9(12)14-11(13-4)17-8/h7H,5-6,12H2,1-4H3,(H,13,14). The summed E-state index contributed by atoms with van der Waals surface area (Å²) in [5.74, 6) is 0.723. The van der Waals surface area contributed by atoms with E-state index < -0.39 is 0 Å². The van der Waals surface area contributed by atoms with Crippen molar-refractivity contribution in [1.29, 1.82) is 0 Å². The van der Waals surface area contributed by atoms with Crippen molar-refractivity contribution in [3.63, 3.8) is 0 Å². The number of thiazole rings is 1. The lowest BCUT2D eigenvalue weighted by Gasteiger charge is -2.22. The Hall–Kier alpha value is -1.30. The number of hydrogen-bond donors (Lipinski definition) is 2. The zero-order chi connectivity index (χ0) is 13.0. The first kappa shape index (κ1) is 13.8. The minimum Gasteiger partial charge on any atom is -0.382 e. The average molecular weight is 256 g/mol. The van der Waals surface area contributed by atoms with E-state index in [1.807, 2.05) is 6.92 Å². The third kappa shape index (κ3) is 3.33. The van der Waals surface area contributed by atoms with Gasteiger partial charge in [-0.25, -0.2) is 4.98 Å². The highest BCUT2D eigenvalue weighted by atomic mass is 32.1. The van der Waals surface area contributed by atoms with Crippen LogP contribution in [0.4, 0.5) is 10.9 Å². The van der Waals surface area contributed by atoms with E-state index in [9.17, 15) is 4.79 Å². The first-order valence-electron chi connectivity index (χ1n) is 5.72. The molecule has 1 amide bonds. The van der Waals surface area contributed by atoms with Crippen LogP contribution in [0.25, 0.3) is 0 Å². The molecule has 0 saturated heterocycles. The second-order valence-electron chi connectivity index (χ2n) is 4.22. The normalized spacial score (nSPS) is 10.6. The lowest BCUT2D eigenvalue weighted by atomic mass is 10.2. The molecule has 0 bridgehead atoms. The van der Waals surface area contributed by atoms with Crippen molar-refractivity contribution in [2.24, 2.45) is 5.92 Å². The molecule has 0 aliphatic heterocycles. The molecular weight excluding hydrogens is 236 g/mol. The molecular formula is C11H20N4OS. The maximum Gasteiger partial charge on any atom is 0.267 e. The first-order valence-corrected chi connectivity index (χ1v) is 6.54. The Balaban J connectivity index is 2.89. The van der Waals surface area contributed by atoms with Crippen LogP contribution in [0.5, 0.6) is 0 Å². The van der Waals surface area contributed by atoms with E-state index >= 15 is 0 Å². The number of rotatable bonds is 5. The number of nitrogens with one attached hydrogen (secondary N) is 1. The topological polar surface area (TPSA) is 71.2 Å². The molecule has 0 aromatic carbocycles. The summed E-state index contributed by atoms with van der Waals surface area (Å²) < 4.78 is 0. The minimum atomic E-state index is -0.0299. The van der Waals surface area contributed by atoms with Crippen LogP contribution >= 0.6 is 11.3 Å². The molecule has 96 valence electrons. The second kappa shape index (κ2) is 5.86. The van der Waals surface area contributed by atoms with Gasteiger partial charge >= 0.3 is 0 Å². The molecule has 0 radical (unpaired) electrons. The number of nitrogens with zero attached hydrogens (tertiary/aromatic N) is 2. The van der Waals surface area contributed by atoms with Crippen molar-refractivity contribution in [2.75, 3.05) is 31.2 Å². The minimum absolute atomic E-state index is 0.0299. The SMILES string of the molecule is CCN(CC(C)C)C(=O)c1sc(NC)nc1N. The van der Waals surface area contributed by atoms with E-state index in [4.69, 9.17) is 5.73 Å². The third-order valence-corrected chi connectivity index (χ3v) is 3.39. The smallest absolute Gasteiger partial charge is 0.267 e. The highest BCUT2D eigenvalue weighted by molar-refractivity contribution is 7.18. The Morgan fingerprint density at radius 3 is 2.65 bits per heavy atom. The quantitative estimate of drug-likeness (QED) is 0.844. The van der Waals surface area contributed by atoms with Crippen molar-refractivity contribution < 1.29 is 4.79 Å². The summed E-state index contributed by atoms with van der Waals surface area (Å²) in [6.07, 6.45) is 0. The highest BCUT2D eigenvalue weighted by Gasteiger charge is 2.21. The fourth-order valence-electron chi connectivity index (χ4n) is 1.53. The molecule has 0 fully saturated rings. The Bertz CT molecular complexity index is 389. The molecule has 1 aromatic heterocycles. The van der Waals surface area contributed by atoms with E-state index in [-0.39, 0.29) is 5.91 Å². The van der Waals surface area contributed by atoms with E-state index in [0.29, 0.717) is 28.3 Å². The predicted octanol–water partition coefficient (Wildman–Crippen LogP) is 1.89. The van der Waals surface area contributed by atoms with Gasteiger partial charge in [0, 0.05) is 20.1 Å². The van der Waals surface area contributed by atoms with Gasteiger partial charge < -0.3 is 16.0 Å². The molecule has 0 atom stereocenters. The maximum atomic E-state index is 12.3. The number of nitrogen functional groups attached to an aromatic ring is 1. The molecule has 0 aliphatic rings. The van der Waals surface area contributed by atoms with Crippen LogP contribution in [-0.2, 0) is 0 Å². The van der Waals surface area contributed by atoms with E-state index in [1.165, 1.54) is 11.3 Å². The molecule has 0 saturated carbocycles. The Morgan fingerprint density at radius 1 is 1.59 bits per heavy atom. The van der Waals surface area contributed by atoms with Crippen LogP contribution in [-0.4, -0.2) is 35.9 Å². The molecule has 17 heavy (non-hydrogen) atoms. The van der Waals surface area contributed by atoms with Gasteiger partial charge in [-0.3, -0.25) is 4.79 Å². The molecule has 1 aromatic rings. The van der Waals surface area contributed by atoms with Crippen LogP contribution in [0.2, 0.25) is 0 Å². The molecule has 6 heteroatoms. The van der Waals surface area contributed by atoms with Crippen LogP contribution in [0.3, 0.4) is 0 Å². The molecule has 1 rings (SSSR count). The second-order valence-corrected chi connectivity index (χ2v) is 5.22. The van der Waals surface area contributed by atoms with E-state index in [2.05, 4.69) is 24.1 Å². The molecule has 1 heterocycles. The van der Waals surface area contributed by atoms with Crippen molar-refractivity contribution in [2.45, 2.75) is 20.8 Å². The number of carbonyl (C=O) groups excluding carboxylic acids is 1. The summed E-state index contributed by atoms with van der Waals surface area (Å²) >= 11 is 1.30. The summed E-state index contributed by atoms with van der Waals surface area (Å²) in [4.78, 5) is 18.7. The van der Waals surface area contributed by atoms with Gasteiger partial charge in [0.05, 0.1) is 0 Å². The number of aromatic nitrogens is 1. The van der Waals surface area contributed by atoms with Gasteiger partial charge in [-0.2, -0.15) is 0 Å². The largest absolute Gasteiger partial charge is 0.382 e. The van der Waals surface area contributed by atoms with Crippen molar-refractivity contribution in [1.82, 2.24) is 9.88 Å². The molecule has 0 spiro atoms. The monoisotopic (exact) mass is 256 g/mol. The van der Waals surface area contributed by atoms with Crippen LogP contribution in [0.15, 0.2) is 0 Å². The lowest BCUT2D eigenvalue weighted by Crippen LogP contribution is -2.33. The third-order valence-electron chi connectivity index (χ3n) is 2.32. The Morgan fingerprint density at radius 2 is 2.24 bits per heavy atom. The highest BCUT2D eigenvalue weighted by Crippen LogP contribution is 2.26. The Kier molecular flexibility index (Phi) is 4.74. The predicted molar refractivity (Wildman–Crippen MR) is 72.5 cm³/mol. The Labute approximate surface area is 106 Å². The van der Waals surface area contributed by atoms with Crippen molar-refractivity contribution in [3.05, 3.63) is 4.88 Å². The number of anilines is 2. The summed E-state index contributed by atoms with van der Waals surface area (Å²) in [6.45, 7) is 7.57. The molecule has 5 nitrogen and oxygen atoms in total. The zero-order valence-electron chi connectivity index (χ0n) is 10.8. The zero-order valence-corrected chi connectivity index (χ0v) is 11.6. The van der Waals surface area contributed by atoms with Gasteiger partial charge in [0.2, 0.25) is 0 Å². The number of hydrogen-bond acceptors (Lipinski definition) is 5. The van der Waals surface area contributed by atoms with Crippen LogP contribution < -0.4 is 11.1 Å². The van der Waals surface area contributed by atoms with E-state index in [0.717, 1.165) is 6.54 Å². The molecule has 3 N–H and O–H groups in total. The van der Waals surface area contributed by atoms with Crippen LogP contribution in [0, 0.1) is 5.92 Å². The van der Waals surface area contributed by atoms with Gasteiger partial charge in [-0.1, -0.05) is 25.2 Å². The van der Waals surface area contributed by atoms with Crippen molar-refractivity contribution >= 4 is 28.2 Å². The number of carbonyl (C=O) groups is 1. The van der Waals surface area contributed by atoms with Crippen molar-refractivity contribution in [3.8, 4) is 0 Å². The first-order chi connectivity index (χ1) is 7.99. The summed E-state index contributed by atoms with van der Waals surface area (Å²) in [6, 6.07) is 0. The summed E-state index contributed by atoms with van der Waals surface area (Å²) in [5.41, 5.74) is 5.75. The summed E-state index contributed by atoms with van der Waals surface area (Å²) in [7, 11) is 1.76. The van der Waals surface area contributed by atoms with Gasteiger partial charge in [0.15, 0.2) is 5.13 Å². The average Bonchev–Trinajstić information content (AvgIpc) is 2.66. The van der Waals surface area contributed by atoms with Gasteiger partial charge in [-0.15, -0.1) is 0 Å². The maximum absolute atomic E-state index is 12.3. The number of nitrogens with two attached hydrogens (primary N) is 1. The fraction of sp³-hybridized carbons (Fsp3) is 0.636. The van der Waals surface area contributed by atoms with Gasteiger partial charge in [-0.05, 0) is 12.8 Å². The number of amides is 1. The lowest BCUT2D eigenvalue weighted by molar-refractivity contribution is 0.0751. The van der Waals surface area contributed by atoms with Gasteiger partial charge in [0.25, 0.3) is 5.91 Å². The van der Waals surface area contributed by atoms with Gasteiger partial charge in [0.1, 0.15) is 10.7 Å². The van der Waals surface area contributed by atoms with E-state index in [1.54, 1.807) is 11.9 Å². The molecule has 0 aliphatic carbocycles. The molecule has 0 unspecified atom stereocenters.